The lowest BCUT2D eigenvalue weighted by Gasteiger charge is -2.23. The van der Waals surface area contributed by atoms with Crippen LogP contribution in [-0.2, 0) is 4.65 Å². The van der Waals surface area contributed by atoms with Crippen molar-refractivity contribution in [1.29, 1.82) is 0 Å². The molecule has 0 amide bonds. The first-order chi connectivity index (χ1) is 8.77. The molecule has 0 unspecified atom stereocenters. The van der Waals surface area contributed by atoms with E-state index in [1.54, 1.807) is 0 Å². The number of halogens is 1. The Bertz CT molecular complexity index is 610. The summed E-state index contributed by atoms with van der Waals surface area (Å²) in [5.74, 6) is 0.517. The molecule has 0 saturated carbocycles. The molecule has 0 spiro atoms. The second kappa shape index (κ2) is 4.52. The zero-order chi connectivity index (χ0) is 12.5. The standard InChI is InChI=1S/C14H10BClO2/c16-13-11-8-4-5-9-12(11)15(17)18-14(13)10-6-2-1-3-7-10/h1-9,17H. The Morgan fingerprint density at radius 2 is 1.61 bits per heavy atom. The van der Waals surface area contributed by atoms with Crippen molar-refractivity contribution in [1.82, 2.24) is 0 Å². The summed E-state index contributed by atoms with van der Waals surface area (Å²) in [6.07, 6.45) is 0. The monoisotopic (exact) mass is 256 g/mol. The van der Waals surface area contributed by atoms with E-state index in [2.05, 4.69) is 0 Å². The Balaban J connectivity index is 2.18. The molecule has 0 aliphatic carbocycles. The quantitative estimate of drug-likeness (QED) is 0.794. The molecular weight excluding hydrogens is 246 g/mol. The van der Waals surface area contributed by atoms with Crippen LogP contribution in [-0.4, -0.2) is 12.1 Å². The van der Waals surface area contributed by atoms with Gasteiger partial charge in [0.15, 0.2) is 0 Å². The fraction of sp³-hybridized carbons (Fsp3) is 0. The Labute approximate surface area is 111 Å². The van der Waals surface area contributed by atoms with E-state index in [1.807, 2.05) is 54.6 Å². The van der Waals surface area contributed by atoms with Crippen LogP contribution in [0.25, 0.3) is 10.8 Å². The fourth-order valence-electron chi connectivity index (χ4n) is 2.05. The van der Waals surface area contributed by atoms with Crippen molar-refractivity contribution in [3.8, 4) is 0 Å². The SMILES string of the molecule is OB1OC(c2ccccc2)=C(Cl)c2ccccc21. The van der Waals surface area contributed by atoms with Crippen LogP contribution in [0, 0.1) is 0 Å². The first-order valence-electron chi connectivity index (χ1n) is 5.66. The van der Waals surface area contributed by atoms with Crippen molar-refractivity contribution >= 4 is 35.0 Å². The summed E-state index contributed by atoms with van der Waals surface area (Å²) in [6, 6.07) is 17.0. The van der Waals surface area contributed by atoms with Crippen molar-refractivity contribution in [3.63, 3.8) is 0 Å². The molecule has 88 valence electrons. The van der Waals surface area contributed by atoms with Crippen LogP contribution in [0.5, 0.6) is 0 Å². The van der Waals surface area contributed by atoms with E-state index in [0.29, 0.717) is 16.3 Å². The lowest BCUT2D eigenvalue weighted by Crippen LogP contribution is -2.38. The van der Waals surface area contributed by atoms with Crippen molar-refractivity contribution in [3.05, 3.63) is 65.7 Å². The van der Waals surface area contributed by atoms with Gasteiger partial charge in [0.25, 0.3) is 0 Å². The molecule has 2 nitrogen and oxygen atoms in total. The van der Waals surface area contributed by atoms with Gasteiger partial charge in [-0.3, -0.25) is 0 Å². The van der Waals surface area contributed by atoms with Crippen molar-refractivity contribution < 1.29 is 9.68 Å². The van der Waals surface area contributed by atoms with Crippen molar-refractivity contribution in [2.45, 2.75) is 0 Å². The fourth-order valence-corrected chi connectivity index (χ4v) is 2.37. The van der Waals surface area contributed by atoms with Crippen LogP contribution in [0.15, 0.2) is 54.6 Å². The predicted molar refractivity (Wildman–Crippen MR) is 74.2 cm³/mol. The minimum Gasteiger partial charge on any atom is -0.531 e. The number of hydrogen-bond acceptors (Lipinski definition) is 2. The van der Waals surface area contributed by atoms with E-state index in [1.165, 1.54) is 0 Å². The molecule has 0 radical (unpaired) electrons. The van der Waals surface area contributed by atoms with Crippen LogP contribution in [0.4, 0.5) is 0 Å². The highest BCUT2D eigenvalue weighted by molar-refractivity contribution is 6.67. The van der Waals surface area contributed by atoms with Gasteiger partial charge in [0, 0.05) is 11.0 Å². The summed E-state index contributed by atoms with van der Waals surface area (Å²) in [7, 11) is -0.973. The van der Waals surface area contributed by atoms with E-state index >= 15 is 0 Å². The predicted octanol–water partition coefficient (Wildman–Crippen LogP) is 2.47. The van der Waals surface area contributed by atoms with Gasteiger partial charge in [-0.1, -0.05) is 66.2 Å². The molecule has 1 heterocycles. The van der Waals surface area contributed by atoms with E-state index in [0.717, 1.165) is 11.1 Å². The lowest BCUT2D eigenvalue weighted by atomic mass is 9.74. The third kappa shape index (κ3) is 1.82. The molecule has 0 fully saturated rings. The number of rotatable bonds is 1. The maximum Gasteiger partial charge on any atom is 0.560 e. The smallest absolute Gasteiger partial charge is 0.531 e. The second-order valence-corrected chi connectivity index (χ2v) is 4.44. The summed E-state index contributed by atoms with van der Waals surface area (Å²) >= 11 is 6.36. The van der Waals surface area contributed by atoms with Crippen LogP contribution < -0.4 is 5.46 Å². The number of benzene rings is 2. The average Bonchev–Trinajstić information content (AvgIpc) is 2.44. The molecule has 1 N–H and O–H groups in total. The molecule has 1 aliphatic rings. The van der Waals surface area contributed by atoms with Crippen molar-refractivity contribution in [2.24, 2.45) is 0 Å². The molecule has 3 rings (SSSR count). The van der Waals surface area contributed by atoms with Gasteiger partial charge >= 0.3 is 7.12 Å². The van der Waals surface area contributed by atoms with E-state index in [9.17, 15) is 5.02 Å². The first-order valence-corrected chi connectivity index (χ1v) is 6.04. The Morgan fingerprint density at radius 3 is 2.39 bits per heavy atom. The largest absolute Gasteiger partial charge is 0.560 e. The Morgan fingerprint density at radius 1 is 0.944 bits per heavy atom. The molecule has 4 heteroatoms. The highest BCUT2D eigenvalue weighted by Gasteiger charge is 2.31. The van der Waals surface area contributed by atoms with Gasteiger partial charge in [-0.2, -0.15) is 0 Å². The van der Waals surface area contributed by atoms with Crippen LogP contribution in [0.1, 0.15) is 11.1 Å². The minimum atomic E-state index is -0.973. The third-order valence-electron chi connectivity index (χ3n) is 2.93. The molecule has 0 bridgehead atoms. The first kappa shape index (κ1) is 11.4. The number of hydrogen-bond donors (Lipinski definition) is 1. The zero-order valence-electron chi connectivity index (χ0n) is 9.51. The molecular formula is C14H10BClO2. The normalized spacial score (nSPS) is 14.2. The Kier molecular flexibility index (Phi) is 2.86. The van der Waals surface area contributed by atoms with Crippen LogP contribution in [0.2, 0.25) is 0 Å². The van der Waals surface area contributed by atoms with E-state index in [-0.39, 0.29) is 0 Å². The van der Waals surface area contributed by atoms with Crippen LogP contribution in [0.3, 0.4) is 0 Å². The summed E-state index contributed by atoms with van der Waals surface area (Å²) in [5.41, 5.74) is 2.37. The molecule has 18 heavy (non-hydrogen) atoms. The highest BCUT2D eigenvalue weighted by atomic mass is 35.5. The number of fused-ring (bicyclic) bond motifs is 1. The molecule has 0 saturated heterocycles. The van der Waals surface area contributed by atoms with E-state index < -0.39 is 7.12 Å². The third-order valence-corrected chi connectivity index (χ3v) is 3.30. The summed E-state index contributed by atoms with van der Waals surface area (Å²) in [4.78, 5) is 0. The second-order valence-electron chi connectivity index (χ2n) is 4.07. The average molecular weight is 256 g/mol. The maximum absolute atomic E-state index is 10.00. The van der Waals surface area contributed by atoms with E-state index in [4.69, 9.17) is 16.3 Å². The van der Waals surface area contributed by atoms with Gasteiger partial charge in [-0.15, -0.1) is 0 Å². The molecule has 1 aliphatic heterocycles. The molecule has 2 aromatic carbocycles. The van der Waals surface area contributed by atoms with Gasteiger partial charge < -0.3 is 9.68 Å². The van der Waals surface area contributed by atoms with Gasteiger partial charge in [0.1, 0.15) is 5.76 Å². The highest BCUT2D eigenvalue weighted by Crippen LogP contribution is 2.33. The lowest BCUT2D eigenvalue weighted by molar-refractivity contribution is 0.406. The summed E-state index contributed by atoms with van der Waals surface area (Å²) in [6.45, 7) is 0. The molecule has 2 aromatic rings. The van der Waals surface area contributed by atoms with Gasteiger partial charge in [0.2, 0.25) is 0 Å². The molecule has 0 aromatic heterocycles. The summed E-state index contributed by atoms with van der Waals surface area (Å²) < 4.78 is 5.51. The molecule has 0 atom stereocenters. The maximum atomic E-state index is 10.00. The van der Waals surface area contributed by atoms with Crippen LogP contribution >= 0.6 is 11.6 Å². The topological polar surface area (TPSA) is 29.5 Å². The zero-order valence-corrected chi connectivity index (χ0v) is 10.3. The van der Waals surface area contributed by atoms with Gasteiger partial charge in [-0.05, 0) is 5.56 Å². The van der Waals surface area contributed by atoms with Crippen molar-refractivity contribution in [2.75, 3.05) is 0 Å². The Hall–Kier alpha value is -1.71. The minimum absolute atomic E-state index is 0.517. The van der Waals surface area contributed by atoms with Gasteiger partial charge in [0.05, 0.1) is 5.03 Å². The van der Waals surface area contributed by atoms with Gasteiger partial charge in [-0.25, -0.2) is 0 Å². The summed E-state index contributed by atoms with van der Waals surface area (Å²) in [5, 5.41) is 10.5.